The maximum Gasteiger partial charge on any atom is 0.0465 e. The van der Waals surface area contributed by atoms with Gasteiger partial charge in [0.25, 0.3) is 0 Å². The molecule has 5 aliphatic rings. The molecule has 4 saturated carbocycles. The fraction of sp³-hybridized carbons (Fsp3) is 0.288. The van der Waals surface area contributed by atoms with E-state index in [9.17, 15) is 0 Å². The van der Waals surface area contributed by atoms with E-state index >= 15 is 0 Å². The monoisotopic (exact) mass is 792 g/mol. The average molecular weight is 793 g/mol. The predicted molar refractivity (Wildman–Crippen MR) is 254 cm³/mol. The van der Waals surface area contributed by atoms with E-state index in [0.29, 0.717) is 5.92 Å². The number of para-hydroxylation sites is 2. The van der Waals surface area contributed by atoms with E-state index in [-0.39, 0.29) is 10.8 Å². The molecule has 5 aliphatic carbocycles. The largest absolute Gasteiger partial charge is 0.311 e. The molecule has 0 amide bonds. The summed E-state index contributed by atoms with van der Waals surface area (Å²) in [7, 11) is 0. The molecule has 0 aromatic heterocycles. The molecule has 2 nitrogen and oxygen atoms in total. The Morgan fingerprint density at radius 1 is 0.426 bits per heavy atom. The van der Waals surface area contributed by atoms with Crippen LogP contribution >= 0.6 is 0 Å². The van der Waals surface area contributed by atoms with Gasteiger partial charge in [0, 0.05) is 45.0 Å². The third-order valence-corrected chi connectivity index (χ3v) is 16.3. The molecule has 4 fully saturated rings. The summed E-state index contributed by atoms with van der Waals surface area (Å²) in [6, 6.07) is 67.0. The summed E-state index contributed by atoms with van der Waals surface area (Å²) in [6.45, 7) is 4.75. The average Bonchev–Trinajstić information content (AvgIpc) is 4.17. The van der Waals surface area contributed by atoms with Gasteiger partial charge >= 0.3 is 0 Å². The fourth-order valence-electron chi connectivity index (χ4n) is 13.4. The second-order valence-electron chi connectivity index (χ2n) is 19.8. The van der Waals surface area contributed by atoms with Crippen molar-refractivity contribution in [2.75, 3.05) is 9.80 Å². The highest BCUT2D eigenvalue weighted by molar-refractivity contribution is 5.85. The molecule has 0 saturated heterocycles. The van der Waals surface area contributed by atoms with Gasteiger partial charge < -0.3 is 9.80 Å². The summed E-state index contributed by atoms with van der Waals surface area (Å²) >= 11 is 0. The Morgan fingerprint density at radius 3 is 1.51 bits per heavy atom. The van der Waals surface area contributed by atoms with Crippen LogP contribution in [0, 0.1) is 23.7 Å². The quantitative estimate of drug-likeness (QED) is 0.144. The van der Waals surface area contributed by atoms with E-state index in [1.54, 1.807) is 0 Å². The molecule has 302 valence electrons. The van der Waals surface area contributed by atoms with E-state index in [4.69, 9.17) is 0 Å². The Kier molecular flexibility index (Phi) is 8.70. The minimum atomic E-state index is -0.0602. The van der Waals surface area contributed by atoms with E-state index in [1.165, 1.54) is 124 Å². The number of fused-ring (bicyclic) bond motifs is 7. The Bertz CT molecular complexity index is 2700. The van der Waals surface area contributed by atoms with Crippen molar-refractivity contribution in [2.45, 2.75) is 82.0 Å². The van der Waals surface area contributed by atoms with Crippen molar-refractivity contribution in [1.29, 1.82) is 0 Å². The Hall–Kier alpha value is -5.86. The van der Waals surface area contributed by atoms with E-state index in [2.05, 4.69) is 200 Å². The highest BCUT2D eigenvalue weighted by Crippen LogP contribution is 2.61. The van der Waals surface area contributed by atoms with Crippen LogP contribution in [-0.2, 0) is 10.8 Å². The molecule has 6 unspecified atom stereocenters. The van der Waals surface area contributed by atoms with Crippen molar-refractivity contribution in [2.24, 2.45) is 23.7 Å². The maximum absolute atomic E-state index is 2.48. The molecule has 0 heterocycles. The first-order chi connectivity index (χ1) is 29.9. The lowest BCUT2D eigenvalue weighted by atomic mass is 9.64. The van der Waals surface area contributed by atoms with Crippen LogP contribution < -0.4 is 9.80 Å². The summed E-state index contributed by atoms with van der Waals surface area (Å²) in [5.74, 6) is 4.04. The summed E-state index contributed by atoms with van der Waals surface area (Å²) in [5, 5.41) is 0. The topological polar surface area (TPSA) is 6.48 Å². The van der Waals surface area contributed by atoms with Crippen LogP contribution in [0.1, 0.15) is 98.9 Å². The van der Waals surface area contributed by atoms with Gasteiger partial charge in [0.05, 0.1) is 0 Å². The molecule has 0 N–H and O–H groups in total. The summed E-state index contributed by atoms with van der Waals surface area (Å²) in [6.07, 6.45) is 10.9. The second-order valence-corrected chi connectivity index (χ2v) is 19.8. The normalized spacial score (nSPS) is 25.0. The third kappa shape index (κ3) is 5.96. The molecule has 2 heteroatoms. The van der Waals surface area contributed by atoms with Gasteiger partial charge in [0.2, 0.25) is 0 Å². The van der Waals surface area contributed by atoms with Crippen LogP contribution in [0.2, 0.25) is 0 Å². The van der Waals surface area contributed by atoms with E-state index in [0.717, 1.165) is 23.7 Å². The molecular formula is C59H56N2. The zero-order valence-corrected chi connectivity index (χ0v) is 35.7. The SMILES string of the molecule is CC1(C)c2ccccc2-c2ccc(N(c3ccccc3)c3ccc(C4(c5ccc(N(c6ccccc6)c6ccc(C7CC8CCC7C8)cc6)cc5)CC5CCC4C5)cc3)cc21. The van der Waals surface area contributed by atoms with Crippen molar-refractivity contribution in [1.82, 2.24) is 0 Å². The number of nitrogens with zero attached hydrogens (tertiary/aromatic N) is 2. The highest BCUT2D eigenvalue weighted by Gasteiger charge is 2.53. The van der Waals surface area contributed by atoms with Crippen LogP contribution in [0.25, 0.3) is 11.1 Å². The lowest BCUT2D eigenvalue weighted by Crippen LogP contribution is -2.34. The first kappa shape index (κ1) is 36.9. The van der Waals surface area contributed by atoms with Gasteiger partial charge in [-0.2, -0.15) is 0 Å². The van der Waals surface area contributed by atoms with Gasteiger partial charge in [-0.3, -0.25) is 0 Å². The highest BCUT2D eigenvalue weighted by atomic mass is 15.1. The van der Waals surface area contributed by atoms with Crippen molar-refractivity contribution in [3.05, 3.63) is 204 Å². The third-order valence-electron chi connectivity index (χ3n) is 16.3. The molecule has 0 spiro atoms. The number of hydrogen-bond donors (Lipinski definition) is 0. The summed E-state index contributed by atoms with van der Waals surface area (Å²) in [5.41, 5.74) is 17.2. The van der Waals surface area contributed by atoms with Gasteiger partial charge in [-0.25, -0.2) is 0 Å². The first-order valence-corrected chi connectivity index (χ1v) is 23.2. The minimum Gasteiger partial charge on any atom is -0.311 e. The maximum atomic E-state index is 2.48. The molecule has 4 bridgehead atoms. The molecule has 6 atom stereocenters. The number of rotatable bonds is 9. The smallest absolute Gasteiger partial charge is 0.0465 e. The number of anilines is 6. The van der Waals surface area contributed by atoms with Crippen LogP contribution in [0.3, 0.4) is 0 Å². The van der Waals surface area contributed by atoms with Crippen molar-refractivity contribution in [3.8, 4) is 11.1 Å². The molecule has 0 radical (unpaired) electrons. The minimum absolute atomic E-state index is 0.0147. The predicted octanol–water partition coefficient (Wildman–Crippen LogP) is 15.9. The Labute approximate surface area is 362 Å². The lowest BCUT2D eigenvalue weighted by Gasteiger charge is -2.40. The van der Waals surface area contributed by atoms with Crippen molar-refractivity contribution in [3.63, 3.8) is 0 Å². The molecule has 61 heavy (non-hydrogen) atoms. The number of hydrogen-bond acceptors (Lipinski definition) is 2. The fourth-order valence-corrected chi connectivity index (χ4v) is 13.4. The molecule has 12 rings (SSSR count). The van der Waals surface area contributed by atoms with E-state index in [1.807, 2.05) is 0 Å². The summed E-state index contributed by atoms with van der Waals surface area (Å²) in [4.78, 5) is 4.90. The molecule has 7 aromatic carbocycles. The van der Waals surface area contributed by atoms with Gasteiger partial charge in [-0.1, -0.05) is 130 Å². The Balaban J connectivity index is 0.891. The van der Waals surface area contributed by atoms with Crippen molar-refractivity contribution < 1.29 is 0 Å². The van der Waals surface area contributed by atoms with Gasteiger partial charge in [0.15, 0.2) is 0 Å². The Morgan fingerprint density at radius 2 is 0.951 bits per heavy atom. The van der Waals surface area contributed by atoms with Crippen LogP contribution in [0.15, 0.2) is 176 Å². The summed E-state index contributed by atoms with van der Waals surface area (Å²) < 4.78 is 0. The zero-order valence-electron chi connectivity index (χ0n) is 35.7. The standard InChI is InChI=1S/C59H56N2/c1-58(2)56-16-10-9-15-53(56)54-34-33-52(38-57(54)58)61(48-13-7-4-8-14-48)51-31-25-45(26-32-51)59(39-41-18-22-46(59)36-41)44-23-29-50(30-24-44)60(47-11-5-3-6-12-47)49-27-20-42(21-28-49)55-37-40-17-19-43(55)35-40/h3-16,20-21,23-34,38,40-41,43,46,55H,17-19,22,35-37,39H2,1-2H3. The van der Waals surface area contributed by atoms with Gasteiger partial charge in [-0.15, -0.1) is 0 Å². The van der Waals surface area contributed by atoms with Crippen LogP contribution in [-0.4, -0.2) is 0 Å². The number of benzene rings is 7. The zero-order chi connectivity index (χ0) is 40.7. The second kappa shape index (κ2) is 14.4. The van der Waals surface area contributed by atoms with Gasteiger partial charge in [0.1, 0.15) is 0 Å². The molecule has 0 aliphatic heterocycles. The lowest BCUT2D eigenvalue weighted by molar-refractivity contribution is 0.320. The van der Waals surface area contributed by atoms with Gasteiger partial charge in [-0.05, 0) is 180 Å². The molecule has 7 aromatic rings. The van der Waals surface area contributed by atoms with E-state index < -0.39 is 0 Å². The van der Waals surface area contributed by atoms with Crippen molar-refractivity contribution >= 4 is 34.1 Å². The van der Waals surface area contributed by atoms with Crippen LogP contribution in [0.5, 0.6) is 0 Å². The molecular weight excluding hydrogens is 737 g/mol. The van der Waals surface area contributed by atoms with Crippen LogP contribution in [0.4, 0.5) is 34.1 Å². The first-order valence-electron chi connectivity index (χ1n) is 23.2.